The van der Waals surface area contributed by atoms with Crippen LogP contribution >= 0.6 is 11.8 Å². The molecular formula is C18H21F2N3O2S. The molecule has 2 aromatic rings. The molecule has 0 bridgehead atoms. The van der Waals surface area contributed by atoms with Gasteiger partial charge in [0.25, 0.3) is 11.7 Å². The van der Waals surface area contributed by atoms with Crippen LogP contribution in [0.4, 0.5) is 8.78 Å². The Kier molecular flexibility index (Phi) is 7.35. The fraction of sp³-hybridized carbons (Fsp3) is 0.333. The third kappa shape index (κ3) is 5.40. The molecule has 0 aliphatic carbocycles. The second kappa shape index (κ2) is 9.49. The molecule has 8 heteroatoms. The number of carbonyl (C=O) groups is 1. The summed E-state index contributed by atoms with van der Waals surface area (Å²) in [6.07, 6.45) is 1.39. The maximum atomic E-state index is 12.6. The standard InChI is InChI=1S/C18H21F2N3O2S/c1-23(2)15(12-6-8-13(25-3)9-7-12)11-22-16(24)14-5-4-10-21-17(14)26-18(19)20/h4-10,15,18H,11H2,1-3H3,(H,22,24). The van der Waals surface area contributed by atoms with E-state index in [0.29, 0.717) is 6.54 Å². The van der Waals surface area contributed by atoms with Crippen molar-refractivity contribution in [2.45, 2.75) is 16.8 Å². The summed E-state index contributed by atoms with van der Waals surface area (Å²) in [5.41, 5.74) is 1.15. The molecule has 1 amide bonds. The zero-order chi connectivity index (χ0) is 19.1. The van der Waals surface area contributed by atoms with Crippen molar-refractivity contribution in [2.75, 3.05) is 27.7 Å². The van der Waals surface area contributed by atoms with E-state index in [-0.39, 0.29) is 28.4 Å². The monoisotopic (exact) mass is 381 g/mol. The largest absolute Gasteiger partial charge is 0.497 e. The second-order valence-corrected chi connectivity index (χ2v) is 6.68. The molecule has 1 aromatic heterocycles. The number of carbonyl (C=O) groups excluding carboxylic acids is 1. The molecule has 26 heavy (non-hydrogen) atoms. The Morgan fingerprint density at radius 3 is 2.54 bits per heavy atom. The normalized spacial score (nSPS) is 12.3. The van der Waals surface area contributed by atoms with E-state index >= 15 is 0 Å². The molecule has 0 fully saturated rings. The van der Waals surface area contributed by atoms with Crippen LogP contribution in [0.1, 0.15) is 22.0 Å². The number of hydrogen-bond donors (Lipinski definition) is 1. The first-order valence-electron chi connectivity index (χ1n) is 7.90. The summed E-state index contributed by atoms with van der Waals surface area (Å²) in [7, 11) is 5.41. The first-order chi connectivity index (χ1) is 12.4. The molecule has 5 nitrogen and oxygen atoms in total. The van der Waals surface area contributed by atoms with Crippen LogP contribution in [-0.2, 0) is 0 Å². The fourth-order valence-corrected chi connectivity index (χ4v) is 3.03. The minimum absolute atomic E-state index is 0.0193. The van der Waals surface area contributed by atoms with Crippen molar-refractivity contribution < 1.29 is 18.3 Å². The van der Waals surface area contributed by atoms with Crippen molar-refractivity contribution in [3.8, 4) is 5.75 Å². The molecule has 2 rings (SSSR count). The van der Waals surface area contributed by atoms with Crippen LogP contribution in [0.3, 0.4) is 0 Å². The number of nitrogens with zero attached hydrogens (tertiary/aromatic N) is 2. The number of alkyl halides is 2. The lowest BCUT2D eigenvalue weighted by molar-refractivity contribution is 0.0938. The van der Waals surface area contributed by atoms with Crippen LogP contribution < -0.4 is 10.1 Å². The molecule has 1 atom stereocenters. The molecule has 0 radical (unpaired) electrons. The van der Waals surface area contributed by atoms with Gasteiger partial charge in [-0.25, -0.2) is 4.98 Å². The molecule has 140 valence electrons. The minimum atomic E-state index is -2.63. The number of ether oxygens (including phenoxy) is 1. The summed E-state index contributed by atoms with van der Waals surface area (Å²) >= 11 is 0.265. The van der Waals surface area contributed by atoms with Crippen molar-refractivity contribution >= 4 is 17.7 Å². The van der Waals surface area contributed by atoms with Gasteiger partial charge in [-0.05, 0) is 55.7 Å². The predicted octanol–water partition coefficient (Wildman–Crippen LogP) is 3.44. The number of hydrogen-bond acceptors (Lipinski definition) is 5. The first-order valence-corrected chi connectivity index (χ1v) is 8.78. The second-order valence-electron chi connectivity index (χ2n) is 5.70. The number of nitrogens with one attached hydrogen (secondary N) is 1. The number of pyridine rings is 1. The van der Waals surface area contributed by atoms with Crippen LogP contribution in [0, 0.1) is 0 Å². The molecule has 1 N–H and O–H groups in total. The van der Waals surface area contributed by atoms with E-state index in [1.54, 1.807) is 13.2 Å². The van der Waals surface area contributed by atoms with Gasteiger partial charge in [-0.2, -0.15) is 8.78 Å². The highest BCUT2D eigenvalue weighted by atomic mass is 32.2. The van der Waals surface area contributed by atoms with E-state index < -0.39 is 11.7 Å². The Labute approximate surface area is 155 Å². The SMILES string of the molecule is COc1ccc(C(CNC(=O)c2cccnc2SC(F)F)N(C)C)cc1. The number of rotatable bonds is 8. The highest BCUT2D eigenvalue weighted by Gasteiger charge is 2.19. The molecular weight excluding hydrogens is 360 g/mol. The molecule has 1 aromatic carbocycles. The number of benzene rings is 1. The van der Waals surface area contributed by atoms with Crippen molar-refractivity contribution in [3.05, 3.63) is 53.7 Å². The fourth-order valence-electron chi connectivity index (χ4n) is 2.45. The van der Waals surface area contributed by atoms with Gasteiger partial charge in [0.2, 0.25) is 0 Å². The number of likely N-dealkylation sites (N-methyl/N-ethyl adjacent to an activating group) is 1. The van der Waals surface area contributed by atoms with E-state index in [0.717, 1.165) is 11.3 Å². The van der Waals surface area contributed by atoms with Crippen LogP contribution in [0.15, 0.2) is 47.6 Å². The topological polar surface area (TPSA) is 54.5 Å². The summed E-state index contributed by atoms with van der Waals surface area (Å²) < 4.78 is 30.4. The van der Waals surface area contributed by atoms with E-state index in [1.807, 2.05) is 43.3 Å². The number of halogens is 2. The molecule has 0 saturated carbocycles. The number of methoxy groups -OCH3 is 1. The van der Waals surface area contributed by atoms with Crippen molar-refractivity contribution in [1.82, 2.24) is 15.2 Å². The lowest BCUT2D eigenvalue weighted by atomic mass is 10.1. The summed E-state index contributed by atoms with van der Waals surface area (Å²) in [5, 5.41) is 2.83. The van der Waals surface area contributed by atoms with Gasteiger partial charge >= 0.3 is 0 Å². The van der Waals surface area contributed by atoms with E-state index in [4.69, 9.17) is 4.74 Å². The first kappa shape index (κ1) is 20.1. The number of amides is 1. The van der Waals surface area contributed by atoms with E-state index in [9.17, 15) is 13.6 Å². The quantitative estimate of drug-likeness (QED) is 0.710. The van der Waals surface area contributed by atoms with Gasteiger partial charge in [0.05, 0.1) is 18.7 Å². The molecule has 1 heterocycles. The zero-order valence-electron chi connectivity index (χ0n) is 14.8. The highest BCUT2D eigenvalue weighted by Crippen LogP contribution is 2.26. The van der Waals surface area contributed by atoms with E-state index in [2.05, 4.69) is 10.3 Å². The minimum Gasteiger partial charge on any atom is -0.497 e. The van der Waals surface area contributed by atoms with Gasteiger partial charge in [0, 0.05) is 12.7 Å². The maximum Gasteiger partial charge on any atom is 0.290 e. The van der Waals surface area contributed by atoms with Crippen molar-refractivity contribution in [3.63, 3.8) is 0 Å². The average Bonchev–Trinajstić information content (AvgIpc) is 2.62. The third-order valence-corrected chi connectivity index (χ3v) is 4.52. The van der Waals surface area contributed by atoms with Crippen molar-refractivity contribution in [2.24, 2.45) is 0 Å². The van der Waals surface area contributed by atoms with Gasteiger partial charge in [0.15, 0.2) is 0 Å². The smallest absolute Gasteiger partial charge is 0.290 e. The van der Waals surface area contributed by atoms with E-state index in [1.165, 1.54) is 12.3 Å². The van der Waals surface area contributed by atoms with Crippen LogP contribution in [0.5, 0.6) is 5.75 Å². The summed E-state index contributed by atoms with van der Waals surface area (Å²) in [6.45, 7) is 0.325. The average molecular weight is 381 g/mol. The Morgan fingerprint density at radius 1 is 1.27 bits per heavy atom. The van der Waals surface area contributed by atoms with Gasteiger partial charge in [-0.15, -0.1) is 0 Å². The molecule has 1 unspecified atom stereocenters. The predicted molar refractivity (Wildman–Crippen MR) is 97.9 cm³/mol. The van der Waals surface area contributed by atoms with Crippen molar-refractivity contribution in [1.29, 1.82) is 0 Å². The molecule has 0 saturated heterocycles. The summed E-state index contributed by atoms with van der Waals surface area (Å²) in [4.78, 5) is 18.3. The zero-order valence-corrected chi connectivity index (χ0v) is 15.6. The van der Waals surface area contributed by atoms with Gasteiger partial charge in [-0.3, -0.25) is 4.79 Å². The van der Waals surface area contributed by atoms with Gasteiger partial charge in [-0.1, -0.05) is 12.1 Å². The third-order valence-electron chi connectivity index (χ3n) is 3.80. The maximum absolute atomic E-state index is 12.6. The Hall–Kier alpha value is -2.19. The summed E-state index contributed by atoms with van der Waals surface area (Å²) in [6, 6.07) is 10.5. The lowest BCUT2D eigenvalue weighted by Gasteiger charge is -2.25. The molecule has 0 aliphatic rings. The van der Waals surface area contributed by atoms with Gasteiger partial charge in [0.1, 0.15) is 10.8 Å². The Bertz CT molecular complexity index is 727. The highest BCUT2D eigenvalue weighted by molar-refractivity contribution is 7.99. The number of aromatic nitrogens is 1. The Morgan fingerprint density at radius 2 is 1.96 bits per heavy atom. The Balaban J connectivity index is 2.10. The van der Waals surface area contributed by atoms with Crippen LogP contribution in [0.25, 0.3) is 0 Å². The molecule has 0 spiro atoms. The summed E-state index contributed by atoms with van der Waals surface area (Å²) in [5.74, 6) is -2.31. The van der Waals surface area contributed by atoms with Crippen LogP contribution in [-0.4, -0.2) is 49.3 Å². The number of thioether (sulfide) groups is 1. The molecule has 0 aliphatic heterocycles. The van der Waals surface area contributed by atoms with Crippen LogP contribution in [0.2, 0.25) is 0 Å². The van der Waals surface area contributed by atoms with Gasteiger partial charge < -0.3 is 15.0 Å². The lowest BCUT2D eigenvalue weighted by Crippen LogP contribution is -2.34.